The number of hydrogen-bond acceptors (Lipinski definition) is 3. The predicted octanol–water partition coefficient (Wildman–Crippen LogP) is 1.98. The van der Waals surface area contributed by atoms with Crippen LogP contribution in [0.5, 0.6) is 0 Å². The van der Waals surface area contributed by atoms with Gasteiger partial charge in [-0.2, -0.15) is 0 Å². The van der Waals surface area contributed by atoms with Crippen LogP contribution in [0, 0.1) is 0 Å². The van der Waals surface area contributed by atoms with Crippen LogP contribution >= 0.6 is 15.9 Å². The third-order valence-electron chi connectivity index (χ3n) is 3.52. The molecule has 0 spiro atoms. The normalized spacial score (nSPS) is 32.2. The molecule has 0 amide bonds. The van der Waals surface area contributed by atoms with E-state index in [4.69, 9.17) is 10.5 Å². The number of benzene rings is 1. The largest absolute Gasteiger partial charge is 0.468 e. The molecule has 2 rings (SSSR count). The molecule has 0 heterocycles. The maximum absolute atomic E-state index is 11.6. The minimum atomic E-state index is -0.865. The van der Waals surface area contributed by atoms with Crippen molar-refractivity contribution in [2.75, 3.05) is 7.11 Å². The second-order valence-electron chi connectivity index (χ2n) is 4.48. The first kappa shape index (κ1) is 11.6. The Morgan fingerprint density at radius 2 is 2.00 bits per heavy atom. The van der Waals surface area contributed by atoms with Crippen LogP contribution in [0.4, 0.5) is 0 Å². The third-order valence-corrected chi connectivity index (χ3v) is 4.05. The molecule has 3 nitrogen and oxygen atoms in total. The van der Waals surface area contributed by atoms with E-state index in [0.717, 1.165) is 10.0 Å². The van der Waals surface area contributed by atoms with Gasteiger partial charge in [0.1, 0.15) is 5.54 Å². The molecule has 0 aliphatic heterocycles. The van der Waals surface area contributed by atoms with Crippen molar-refractivity contribution >= 4 is 21.9 Å². The van der Waals surface area contributed by atoms with Crippen molar-refractivity contribution in [3.63, 3.8) is 0 Å². The standard InChI is InChI=1S/C12H14BrNO2/c1-11(7-12(11,14)10(15)16-2)8-3-5-9(13)6-4-8/h3-6H,7,14H2,1-2H3/t11-,12-/m0/s1. The lowest BCUT2D eigenvalue weighted by atomic mass is 9.93. The SMILES string of the molecule is COC(=O)[C@@]1(N)C[C@@]1(C)c1ccc(Br)cc1. The number of rotatable bonds is 2. The molecular weight excluding hydrogens is 270 g/mol. The molecule has 1 fully saturated rings. The lowest BCUT2D eigenvalue weighted by Gasteiger charge is -2.17. The number of ether oxygens (including phenoxy) is 1. The van der Waals surface area contributed by atoms with Crippen LogP contribution in [-0.4, -0.2) is 18.6 Å². The molecule has 1 aromatic carbocycles. The summed E-state index contributed by atoms with van der Waals surface area (Å²) in [6.07, 6.45) is 0.633. The summed E-state index contributed by atoms with van der Waals surface area (Å²) >= 11 is 3.38. The number of carbonyl (C=O) groups excluding carboxylic acids is 1. The van der Waals surface area contributed by atoms with Gasteiger partial charge in [-0.15, -0.1) is 0 Å². The minimum absolute atomic E-state index is 0.305. The van der Waals surface area contributed by atoms with Gasteiger partial charge in [-0.05, 0) is 24.1 Å². The van der Waals surface area contributed by atoms with Gasteiger partial charge in [-0.3, -0.25) is 4.79 Å². The Hall–Kier alpha value is -0.870. The highest BCUT2D eigenvalue weighted by Gasteiger charge is 2.68. The van der Waals surface area contributed by atoms with Crippen LogP contribution < -0.4 is 5.73 Å². The summed E-state index contributed by atoms with van der Waals surface area (Å²) in [5.74, 6) is -0.335. The van der Waals surface area contributed by atoms with E-state index in [1.54, 1.807) is 0 Å². The molecule has 1 aromatic rings. The second-order valence-corrected chi connectivity index (χ2v) is 5.39. The smallest absolute Gasteiger partial charge is 0.326 e. The van der Waals surface area contributed by atoms with Crippen LogP contribution in [0.15, 0.2) is 28.7 Å². The van der Waals surface area contributed by atoms with E-state index in [1.165, 1.54) is 7.11 Å². The van der Waals surface area contributed by atoms with E-state index in [0.29, 0.717) is 6.42 Å². The van der Waals surface area contributed by atoms with Gasteiger partial charge in [0.2, 0.25) is 0 Å². The van der Waals surface area contributed by atoms with Gasteiger partial charge >= 0.3 is 5.97 Å². The molecule has 1 saturated carbocycles. The van der Waals surface area contributed by atoms with Crippen LogP contribution in [0.25, 0.3) is 0 Å². The Morgan fingerprint density at radius 1 is 1.44 bits per heavy atom. The van der Waals surface area contributed by atoms with Crippen molar-refractivity contribution in [2.45, 2.75) is 24.3 Å². The Balaban J connectivity index is 2.30. The Bertz CT molecular complexity index is 431. The van der Waals surface area contributed by atoms with Gasteiger partial charge in [0, 0.05) is 9.89 Å². The molecule has 0 saturated heterocycles. The molecule has 0 radical (unpaired) electrons. The summed E-state index contributed by atoms with van der Waals surface area (Å²) < 4.78 is 5.76. The van der Waals surface area contributed by atoms with Gasteiger partial charge in [-0.1, -0.05) is 35.0 Å². The van der Waals surface area contributed by atoms with Crippen molar-refractivity contribution in [1.29, 1.82) is 0 Å². The van der Waals surface area contributed by atoms with E-state index in [-0.39, 0.29) is 11.4 Å². The van der Waals surface area contributed by atoms with Crippen molar-refractivity contribution in [3.05, 3.63) is 34.3 Å². The highest BCUT2D eigenvalue weighted by atomic mass is 79.9. The van der Waals surface area contributed by atoms with E-state index >= 15 is 0 Å². The highest BCUT2D eigenvalue weighted by molar-refractivity contribution is 9.10. The van der Waals surface area contributed by atoms with E-state index in [9.17, 15) is 4.79 Å². The maximum Gasteiger partial charge on any atom is 0.326 e. The Kier molecular flexibility index (Phi) is 2.59. The van der Waals surface area contributed by atoms with Gasteiger partial charge in [0.05, 0.1) is 7.11 Å². The third kappa shape index (κ3) is 1.48. The number of halogens is 1. The topological polar surface area (TPSA) is 52.3 Å². The molecule has 1 aliphatic rings. The Labute approximate surface area is 103 Å². The minimum Gasteiger partial charge on any atom is -0.468 e. The first-order chi connectivity index (χ1) is 7.44. The summed E-state index contributed by atoms with van der Waals surface area (Å²) in [6, 6.07) is 7.89. The fourth-order valence-corrected chi connectivity index (χ4v) is 2.43. The molecule has 0 unspecified atom stereocenters. The van der Waals surface area contributed by atoms with Gasteiger partial charge in [0.15, 0.2) is 0 Å². The Morgan fingerprint density at radius 3 is 2.50 bits per heavy atom. The molecule has 0 bridgehead atoms. The molecule has 1 aliphatic carbocycles. The summed E-state index contributed by atoms with van der Waals surface area (Å²) in [4.78, 5) is 11.6. The van der Waals surface area contributed by atoms with Crippen molar-refractivity contribution in [1.82, 2.24) is 0 Å². The fraction of sp³-hybridized carbons (Fsp3) is 0.417. The van der Waals surface area contributed by atoms with Crippen molar-refractivity contribution in [3.8, 4) is 0 Å². The first-order valence-electron chi connectivity index (χ1n) is 5.07. The molecule has 4 heteroatoms. The van der Waals surface area contributed by atoms with E-state index in [1.807, 2.05) is 31.2 Å². The van der Waals surface area contributed by atoms with E-state index < -0.39 is 5.54 Å². The molecule has 16 heavy (non-hydrogen) atoms. The summed E-state index contributed by atoms with van der Waals surface area (Å²) in [5, 5.41) is 0. The first-order valence-corrected chi connectivity index (χ1v) is 5.87. The molecular formula is C12H14BrNO2. The summed E-state index contributed by atoms with van der Waals surface area (Å²) in [7, 11) is 1.37. The number of nitrogens with two attached hydrogens (primary N) is 1. The molecule has 86 valence electrons. The number of hydrogen-bond donors (Lipinski definition) is 1. The number of carbonyl (C=O) groups is 1. The van der Waals surface area contributed by atoms with Crippen LogP contribution in [-0.2, 0) is 14.9 Å². The van der Waals surface area contributed by atoms with Crippen molar-refractivity contribution < 1.29 is 9.53 Å². The summed E-state index contributed by atoms with van der Waals surface area (Å²) in [6.45, 7) is 1.99. The monoisotopic (exact) mass is 283 g/mol. The quantitative estimate of drug-likeness (QED) is 0.845. The lowest BCUT2D eigenvalue weighted by molar-refractivity contribution is -0.143. The highest BCUT2D eigenvalue weighted by Crippen LogP contribution is 2.56. The maximum atomic E-state index is 11.6. The van der Waals surface area contributed by atoms with Gasteiger partial charge in [-0.25, -0.2) is 0 Å². The number of methoxy groups -OCH3 is 1. The zero-order chi connectivity index (χ0) is 12.0. The fourth-order valence-electron chi connectivity index (χ4n) is 2.17. The van der Waals surface area contributed by atoms with Gasteiger partial charge < -0.3 is 10.5 Å². The van der Waals surface area contributed by atoms with E-state index in [2.05, 4.69) is 15.9 Å². The second kappa shape index (κ2) is 3.57. The predicted molar refractivity (Wildman–Crippen MR) is 65.0 cm³/mol. The van der Waals surface area contributed by atoms with Crippen LogP contribution in [0.2, 0.25) is 0 Å². The van der Waals surface area contributed by atoms with Crippen LogP contribution in [0.1, 0.15) is 18.9 Å². The lowest BCUT2D eigenvalue weighted by Crippen LogP contribution is -2.41. The van der Waals surface area contributed by atoms with Crippen LogP contribution in [0.3, 0.4) is 0 Å². The summed E-state index contributed by atoms with van der Waals surface area (Å²) in [5.41, 5.74) is 5.97. The van der Waals surface area contributed by atoms with Crippen molar-refractivity contribution in [2.24, 2.45) is 5.73 Å². The average molecular weight is 284 g/mol. The molecule has 0 aromatic heterocycles. The molecule has 2 N–H and O–H groups in total. The average Bonchev–Trinajstić information content (AvgIpc) is 2.84. The zero-order valence-electron chi connectivity index (χ0n) is 9.29. The number of esters is 1. The molecule has 2 atom stereocenters. The van der Waals surface area contributed by atoms with Gasteiger partial charge in [0.25, 0.3) is 0 Å². The zero-order valence-corrected chi connectivity index (χ0v) is 10.9.